The lowest BCUT2D eigenvalue weighted by atomic mass is 10.1. The van der Waals surface area contributed by atoms with E-state index in [0.29, 0.717) is 11.3 Å². The molecule has 0 spiro atoms. The number of nitrogens with one attached hydrogen (secondary N) is 1. The number of methoxy groups -OCH3 is 1. The average Bonchev–Trinajstić information content (AvgIpc) is 2.50. The van der Waals surface area contributed by atoms with Gasteiger partial charge < -0.3 is 4.74 Å². The zero-order chi connectivity index (χ0) is 16.3. The van der Waals surface area contributed by atoms with Crippen molar-refractivity contribution < 1.29 is 13.2 Å². The van der Waals surface area contributed by atoms with Gasteiger partial charge in [-0.2, -0.15) is 5.26 Å². The highest BCUT2D eigenvalue weighted by Gasteiger charge is 2.20. The van der Waals surface area contributed by atoms with Crippen molar-refractivity contribution in [2.24, 2.45) is 0 Å². The molecule has 114 valence electrons. The number of rotatable bonds is 4. The number of anilines is 1. The zero-order valence-electron chi connectivity index (χ0n) is 12.5. The largest absolute Gasteiger partial charge is 0.496 e. The van der Waals surface area contributed by atoms with E-state index in [2.05, 4.69) is 4.72 Å². The molecular weight excluding hydrogens is 300 g/mol. The lowest BCUT2D eigenvalue weighted by molar-refractivity contribution is 0.411. The van der Waals surface area contributed by atoms with Crippen molar-refractivity contribution in [3.8, 4) is 11.8 Å². The van der Waals surface area contributed by atoms with Crippen molar-refractivity contribution in [2.75, 3.05) is 11.8 Å². The lowest BCUT2D eigenvalue weighted by Gasteiger charge is -2.14. The first kappa shape index (κ1) is 15.9. The van der Waals surface area contributed by atoms with Crippen molar-refractivity contribution >= 4 is 15.7 Å². The van der Waals surface area contributed by atoms with E-state index in [4.69, 9.17) is 10.00 Å². The van der Waals surface area contributed by atoms with E-state index in [1.807, 2.05) is 6.07 Å². The number of hydrogen-bond donors (Lipinski definition) is 1. The van der Waals surface area contributed by atoms with Crippen LogP contribution in [0.25, 0.3) is 0 Å². The molecule has 22 heavy (non-hydrogen) atoms. The van der Waals surface area contributed by atoms with Crippen LogP contribution in [-0.4, -0.2) is 15.5 Å². The van der Waals surface area contributed by atoms with Crippen LogP contribution < -0.4 is 9.46 Å². The van der Waals surface area contributed by atoms with Crippen molar-refractivity contribution in [1.29, 1.82) is 5.26 Å². The van der Waals surface area contributed by atoms with E-state index in [-0.39, 0.29) is 16.1 Å². The molecule has 0 aliphatic carbocycles. The van der Waals surface area contributed by atoms with Crippen LogP contribution in [0.2, 0.25) is 0 Å². The maximum Gasteiger partial charge on any atom is 0.262 e. The third-order valence-corrected chi connectivity index (χ3v) is 5.00. The molecule has 0 aliphatic heterocycles. The summed E-state index contributed by atoms with van der Waals surface area (Å²) < 4.78 is 32.8. The summed E-state index contributed by atoms with van der Waals surface area (Å²) in [5.74, 6) is 0.633. The van der Waals surface area contributed by atoms with Crippen molar-refractivity contribution in [2.45, 2.75) is 18.7 Å². The van der Waals surface area contributed by atoms with E-state index >= 15 is 0 Å². The molecular formula is C16H16N2O3S. The highest BCUT2D eigenvalue weighted by atomic mass is 32.2. The fourth-order valence-corrected chi connectivity index (χ4v) is 3.53. The number of nitriles is 1. The Morgan fingerprint density at radius 2 is 1.77 bits per heavy atom. The second-order valence-corrected chi connectivity index (χ2v) is 6.43. The molecule has 2 aromatic carbocycles. The minimum Gasteiger partial charge on any atom is -0.496 e. The van der Waals surface area contributed by atoms with Gasteiger partial charge in [0.25, 0.3) is 10.0 Å². The van der Waals surface area contributed by atoms with Gasteiger partial charge in [-0.15, -0.1) is 0 Å². The highest BCUT2D eigenvalue weighted by Crippen LogP contribution is 2.28. The first-order chi connectivity index (χ1) is 10.4. The van der Waals surface area contributed by atoms with E-state index in [1.165, 1.54) is 13.2 Å². The molecule has 0 fully saturated rings. The van der Waals surface area contributed by atoms with Crippen LogP contribution in [-0.2, 0) is 10.0 Å². The highest BCUT2D eigenvalue weighted by molar-refractivity contribution is 7.92. The Morgan fingerprint density at radius 1 is 1.09 bits per heavy atom. The first-order valence-electron chi connectivity index (χ1n) is 6.57. The van der Waals surface area contributed by atoms with Crippen LogP contribution in [0.1, 0.15) is 16.7 Å². The van der Waals surface area contributed by atoms with Crippen LogP contribution in [0.3, 0.4) is 0 Å². The van der Waals surface area contributed by atoms with Gasteiger partial charge in [0, 0.05) is 0 Å². The van der Waals surface area contributed by atoms with Gasteiger partial charge in [0.1, 0.15) is 11.8 Å². The van der Waals surface area contributed by atoms with Gasteiger partial charge in [0.15, 0.2) is 0 Å². The minimum absolute atomic E-state index is 0.165. The maximum atomic E-state index is 12.6. The lowest BCUT2D eigenvalue weighted by Crippen LogP contribution is -2.15. The summed E-state index contributed by atoms with van der Waals surface area (Å²) in [6.07, 6.45) is 0. The summed E-state index contributed by atoms with van der Waals surface area (Å²) >= 11 is 0. The van der Waals surface area contributed by atoms with Crippen LogP contribution >= 0.6 is 0 Å². The van der Waals surface area contributed by atoms with Crippen molar-refractivity contribution in [1.82, 2.24) is 0 Å². The monoisotopic (exact) mass is 316 g/mol. The van der Waals surface area contributed by atoms with E-state index in [1.54, 1.807) is 44.2 Å². The molecule has 0 saturated carbocycles. The average molecular weight is 316 g/mol. The molecule has 2 aromatic rings. The summed E-state index contributed by atoms with van der Waals surface area (Å²) in [6, 6.07) is 11.6. The van der Waals surface area contributed by atoms with Gasteiger partial charge in [-0.05, 0) is 49.2 Å². The molecule has 0 unspecified atom stereocenters. The van der Waals surface area contributed by atoms with Crippen LogP contribution in [0, 0.1) is 25.2 Å². The number of ether oxygens (including phenoxy) is 1. The topological polar surface area (TPSA) is 79.2 Å². The molecule has 0 aromatic heterocycles. The van der Waals surface area contributed by atoms with Gasteiger partial charge in [0.2, 0.25) is 0 Å². The molecule has 0 atom stereocenters. The smallest absolute Gasteiger partial charge is 0.262 e. The Labute approximate surface area is 130 Å². The molecule has 0 bridgehead atoms. The summed E-state index contributed by atoms with van der Waals surface area (Å²) in [5, 5.41) is 9.05. The Balaban J connectivity index is 2.48. The van der Waals surface area contributed by atoms with E-state index in [0.717, 1.165) is 5.56 Å². The predicted molar refractivity (Wildman–Crippen MR) is 84.4 cm³/mol. The van der Waals surface area contributed by atoms with Gasteiger partial charge in [-0.25, -0.2) is 8.42 Å². The van der Waals surface area contributed by atoms with E-state index in [9.17, 15) is 8.42 Å². The van der Waals surface area contributed by atoms with Gasteiger partial charge in [-0.3, -0.25) is 4.72 Å². The third kappa shape index (κ3) is 2.90. The van der Waals surface area contributed by atoms with Crippen LogP contribution in [0.4, 0.5) is 5.69 Å². The number of nitrogens with zero attached hydrogens (tertiary/aromatic N) is 1. The first-order valence-corrected chi connectivity index (χ1v) is 8.05. The molecule has 0 aliphatic rings. The molecule has 5 nitrogen and oxygen atoms in total. The van der Waals surface area contributed by atoms with Crippen LogP contribution in [0.15, 0.2) is 41.3 Å². The Bertz CT molecular complexity index is 852. The molecule has 0 amide bonds. The van der Waals surface area contributed by atoms with Crippen molar-refractivity contribution in [3.63, 3.8) is 0 Å². The summed E-state index contributed by atoms with van der Waals surface area (Å²) in [5.41, 5.74) is 1.91. The van der Waals surface area contributed by atoms with Gasteiger partial charge in [-0.1, -0.05) is 12.1 Å². The standard InChI is InChI=1S/C16H16N2O3S/c1-11-12(2)16(9-8-15(11)21-3)22(19,20)18-14-7-5-4-6-13(14)10-17/h4-9,18H,1-3H3. The Hall–Kier alpha value is -2.52. The van der Waals surface area contributed by atoms with Gasteiger partial charge >= 0.3 is 0 Å². The summed E-state index contributed by atoms with van der Waals surface area (Å²) in [4.78, 5) is 0.165. The molecule has 0 heterocycles. The molecule has 2 rings (SSSR count). The number of benzene rings is 2. The normalized spacial score (nSPS) is 10.8. The number of para-hydroxylation sites is 1. The van der Waals surface area contributed by atoms with Crippen LogP contribution in [0.5, 0.6) is 5.75 Å². The molecule has 1 N–H and O–H groups in total. The van der Waals surface area contributed by atoms with E-state index < -0.39 is 10.0 Å². The summed E-state index contributed by atoms with van der Waals surface area (Å²) in [6.45, 7) is 3.53. The molecule has 0 radical (unpaired) electrons. The SMILES string of the molecule is COc1ccc(S(=O)(=O)Nc2ccccc2C#N)c(C)c1C. The summed E-state index contributed by atoms with van der Waals surface area (Å²) in [7, 11) is -2.24. The fraction of sp³-hybridized carbons (Fsp3) is 0.188. The maximum absolute atomic E-state index is 12.6. The molecule has 0 saturated heterocycles. The quantitative estimate of drug-likeness (QED) is 0.940. The number of hydrogen-bond acceptors (Lipinski definition) is 4. The Morgan fingerprint density at radius 3 is 2.41 bits per heavy atom. The second kappa shape index (κ2) is 6.08. The fourth-order valence-electron chi connectivity index (χ4n) is 2.15. The predicted octanol–water partition coefficient (Wildman–Crippen LogP) is 2.98. The minimum atomic E-state index is -3.78. The number of sulfonamides is 1. The Kier molecular flexibility index (Phi) is 4.38. The van der Waals surface area contributed by atoms with Gasteiger partial charge in [0.05, 0.1) is 23.3 Å². The second-order valence-electron chi connectivity index (χ2n) is 4.78. The molecule has 6 heteroatoms. The van der Waals surface area contributed by atoms with Crippen molar-refractivity contribution in [3.05, 3.63) is 53.1 Å². The third-order valence-electron chi connectivity index (χ3n) is 3.49. The zero-order valence-corrected chi connectivity index (χ0v) is 13.4.